The minimum Gasteiger partial charge on any atom is -0.352 e. The molecule has 0 fully saturated rings. The van der Waals surface area contributed by atoms with Gasteiger partial charge in [-0.15, -0.1) is 5.10 Å². The van der Waals surface area contributed by atoms with E-state index in [1.54, 1.807) is 16.8 Å². The van der Waals surface area contributed by atoms with Crippen molar-refractivity contribution >= 4 is 17.5 Å². The molecule has 146 valence electrons. The number of amides is 1. The fourth-order valence-electron chi connectivity index (χ4n) is 2.80. The second kappa shape index (κ2) is 8.24. The second-order valence-corrected chi connectivity index (χ2v) is 6.81. The third-order valence-electron chi connectivity index (χ3n) is 4.27. The maximum atomic E-state index is 12.1. The summed E-state index contributed by atoms with van der Waals surface area (Å²) in [5.74, 6) is 0.296. The quantitative estimate of drug-likeness (QED) is 0.526. The zero-order valence-electron chi connectivity index (χ0n) is 15.5. The number of benzene rings is 2. The van der Waals surface area contributed by atoms with E-state index in [1.807, 2.05) is 49.4 Å². The van der Waals surface area contributed by atoms with Crippen molar-refractivity contribution in [1.29, 1.82) is 0 Å². The lowest BCUT2D eigenvalue weighted by Crippen LogP contribution is -2.24. The van der Waals surface area contributed by atoms with Gasteiger partial charge in [0.15, 0.2) is 11.5 Å². The number of rotatable bonds is 6. The van der Waals surface area contributed by atoms with Crippen molar-refractivity contribution in [1.82, 2.24) is 30.5 Å². The molecule has 4 aromatic rings. The predicted molar refractivity (Wildman–Crippen MR) is 106 cm³/mol. The summed E-state index contributed by atoms with van der Waals surface area (Å²) in [7, 11) is 0. The van der Waals surface area contributed by atoms with Crippen LogP contribution in [0.1, 0.15) is 17.1 Å². The number of nitrogens with zero attached hydrogens (tertiary/aromatic N) is 5. The van der Waals surface area contributed by atoms with Gasteiger partial charge in [0, 0.05) is 11.6 Å². The van der Waals surface area contributed by atoms with Crippen LogP contribution < -0.4 is 5.32 Å². The van der Waals surface area contributed by atoms with E-state index in [1.165, 1.54) is 0 Å². The molecule has 0 spiro atoms. The van der Waals surface area contributed by atoms with Gasteiger partial charge in [-0.1, -0.05) is 58.4 Å². The van der Waals surface area contributed by atoms with Gasteiger partial charge in [-0.2, -0.15) is 4.98 Å². The zero-order valence-corrected chi connectivity index (χ0v) is 16.3. The smallest absolute Gasteiger partial charge is 0.280 e. The van der Waals surface area contributed by atoms with E-state index in [-0.39, 0.29) is 24.0 Å². The van der Waals surface area contributed by atoms with Gasteiger partial charge in [-0.25, -0.2) is 4.68 Å². The van der Waals surface area contributed by atoms with E-state index in [0.717, 1.165) is 16.9 Å². The predicted octanol–water partition coefficient (Wildman–Crippen LogP) is 3.14. The molecule has 0 unspecified atom stereocenters. The number of carbonyl (C=O) groups excluding carboxylic acids is 1. The molecule has 0 saturated heterocycles. The van der Waals surface area contributed by atoms with Crippen LogP contribution in [0.15, 0.2) is 59.1 Å². The summed E-state index contributed by atoms with van der Waals surface area (Å²) in [4.78, 5) is 16.4. The minimum atomic E-state index is -0.194. The van der Waals surface area contributed by atoms with Crippen LogP contribution in [-0.2, 0) is 17.8 Å². The molecular formula is C20H17ClN6O2. The Hall–Kier alpha value is -3.52. The van der Waals surface area contributed by atoms with Crippen molar-refractivity contribution in [3.8, 4) is 17.3 Å². The van der Waals surface area contributed by atoms with E-state index >= 15 is 0 Å². The van der Waals surface area contributed by atoms with Crippen LogP contribution in [0, 0.1) is 6.92 Å². The number of halogens is 1. The third-order valence-corrected chi connectivity index (χ3v) is 4.50. The Bertz CT molecular complexity index is 1140. The number of hydrogen-bond acceptors (Lipinski definition) is 6. The highest BCUT2D eigenvalue weighted by molar-refractivity contribution is 6.30. The van der Waals surface area contributed by atoms with Gasteiger partial charge in [0.1, 0.15) is 0 Å². The summed E-state index contributed by atoms with van der Waals surface area (Å²) in [5, 5.41) is 15.6. The molecule has 2 aromatic carbocycles. The van der Waals surface area contributed by atoms with Crippen LogP contribution in [0.3, 0.4) is 0 Å². The second-order valence-electron chi connectivity index (χ2n) is 6.37. The molecule has 1 amide bonds. The van der Waals surface area contributed by atoms with E-state index in [0.29, 0.717) is 17.3 Å². The molecule has 2 aromatic heterocycles. The van der Waals surface area contributed by atoms with Gasteiger partial charge in [-0.3, -0.25) is 4.79 Å². The van der Waals surface area contributed by atoms with Crippen molar-refractivity contribution in [2.24, 2.45) is 0 Å². The summed E-state index contributed by atoms with van der Waals surface area (Å²) in [6.45, 7) is 2.28. The molecule has 9 heteroatoms. The summed E-state index contributed by atoms with van der Waals surface area (Å²) in [5.41, 5.74) is 2.96. The van der Waals surface area contributed by atoms with Crippen molar-refractivity contribution < 1.29 is 9.32 Å². The highest BCUT2D eigenvalue weighted by Crippen LogP contribution is 2.22. The van der Waals surface area contributed by atoms with Crippen LogP contribution >= 0.6 is 11.6 Å². The first kappa shape index (κ1) is 18.8. The molecule has 0 aliphatic heterocycles. The number of nitrogens with one attached hydrogen (secondary N) is 1. The van der Waals surface area contributed by atoms with E-state index in [4.69, 9.17) is 16.1 Å². The van der Waals surface area contributed by atoms with Crippen molar-refractivity contribution in [2.75, 3.05) is 0 Å². The van der Waals surface area contributed by atoms with Gasteiger partial charge in [0.25, 0.3) is 5.89 Å². The monoisotopic (exact) mass is 408 g/mol. The zero-order chi connectivity index (χ0) is 20.2. The van der Waals surface area contributed by atoms with Crippen LogP contribution in [0.4, 0.5) is 0 Å². The maximum absolute atomic E-state index is 12.1. The number of hydrogen-bond donors (Lipinski definition) is 1. The van der Waals surface area contributed by atoms with E-state index < -0.39 is 0 Å². The largest absolute Gasteiger partial charge is 0.352 e. The van der Waals surface area contributed by atoms with Gasteiger partial charge < -0.3 is 9.84 Å². The van der Waals surface area contributed by atoms with Crippen molar-refractivity contribution in [3.63, 3.8) is 0 Å². The van der Waals surface area contributed by atoms with Gasteiger partial charge in [-0.05, 0) is 30.7 Å². The Morgan fingerprint density at radius 2 is 2.00 bits per heavy atom. The molecule has 29 heavy (non-hydrogen) atoms. The summed E-state index contributed by atoms with van der Waals surface area (Å²) in [6.07, 6.45) is 0.0117. The lowest BCUT2D eigenvalue weighted by atomic mass is 10.2. The van der Waals surface area contributed by atoms with Gasteiger partial charge >= 0.3 is 0 Å². The molecule has 0 atom stereocenters. The standard InChI is InChI=1S/C20H17ClN6O2/c1-13-19(24-26-27(13)16-9-5-8-15(21)10-16)20-23-17(25-29-20)11-18(28)22-12-14-6-3-2-4-7-14/h2-10H,11-12H2,1H3,(H,22,28). The molecular weight excluding hydrogens is 392 g/mol. The number of aromatic nitrogens is 5. The van der Waals surface area contributed by atoms with E-state index in [2.05, 4.69) is 25.8 Å². The normalized spacial score (nSPS) is 10.8. The molecule has 0 aliphatic carbocycles. The lowest BCUT2D eigenvalue weighted by molar-refractivity contribution is -0.120. The van der Waals surface area contributed by atoms with Crippen molar-refractivity contribution in [2.45, 2.75) is 19.9 Å². The van der Waals surface area contributed by atoms with Crippen LogP contribution in [-0.4, -0.2) is 31.0 Å². The average Bonchev–Trinajstić information content (AvgIpc) is 3.33. The molecule has 0 radical (unpaired) electrons. The highest BCUT2D eigenvalue weighted by Gasteiger charge is 2.19. The molecule has 0 aliphatic rings. The summed E-state index contributed by atoms with van der Waals surface area (Å²) < 4.78 is 6.92. The molecule has 8 nitrogen and oxygen atoms in total. The third kappa shape index (κ3) is 4.33. The van der Waals surface area contributed by atoms with Crippen LogP contribution in [0.5, 0.6) is 0 Å². The SMILES string of the molecule is Cc1c(-c2nc(CC(=O)NCc3ccccc3)no2)nnn1-c1cccc(Cl)c1. The first-order valence-corrected chi connectivity index (χ1v) is 9.30. The first-order chi connectivity index (χ1) is 14.1. The molecule has 2 heterocycles. The highest BCUT2D eigenvalue weighted by atomic mass is 35.5. The Morgan fingerprint density at radius 1 is 1.17 bits per heavy atom. The summed E-state index contributed by atoms with van der Waals surface area (Å²) >= 11 is 6.05. The lowest BCUT2D eigenvalue weighted by Gasteiger charge is -2.03. The Labute approximate surface area is 171 Å². The maximum Gasteiger partial charge on any atom is 0.280 e. The topological polar surface area (TPSA) is 98.7 Å². The van der Waals surface area contributed by atoms with Crippen LogP contribution in [0.25, 0.3) is 17.3 Å². The number of carbonyl (C=O) groups is 1. The van der Waals surface area contributed by atoms with Gasteiger partial charge in [0.2, 0.25) is 5.91 Å². The average molecular weight is 409 g/mol. The molecule has 0 saturated carbocycles. The summed E-state index contributed by atoms with van der Waals surface area (Å²) in [6, 6.07) is 16.9. The molecule has 4 rings (SSSR count). The van der Waals surface area contributed by atoms with E-state index in [9.17, 15) is 4.79 Å². The molecule has 1 N–H and O–H groups in total. The van der Waals surface area contributed by atoms with Crippen LogP contribution in [0.2, 0.25) is 5.02 Å². The fraction of sp³-hybridized carbons (Fsp3) is 0.150. The van der Waals surface area contributed by atoms with Gasteiger partial charge in [0.05, 0.1) is 17.8 Å². The fourth-order valence-corrected chi connectivity index (χ4v) is 2.99. The Morgan fingerprint density at radius 3 is 2.79 bits per heavy atom. The minimum absolute atomic E-state index is 0.0117. The first-order valence-electron chi connectivity index (χ1n) is 8.92. The Balaban J connectivity index is 1.45. The van der Waals surface area contributed by atoms with Crippen molar-refractivity contribution in [3.05, 3.63) is 76.7 Å². The molecule has 0 bridgehead atoms. The Kier molecular flexibility index (Phi) is 5.35.